The molecule has 1 amide bonds. The normalized spacial score (nSPS) is 10.1. The van der Waals surface area contributed by atoms with E-state index in [4.69, 9.17) is 14.2 Å². The molecule has 0 saturated carbocycles. The molecule has 0 atom stereocenters. The molecular weight excluding hydrogens is 330 g/mol. The van der Waals surface area contributed by atoms with Gasteiger partial charge in [-0.2, -0.15) is 0 Å². The highest BCUT2D eigenvalue weighted by Crippen LogP contribution is 2.20. The molecule has 0 aliphatic rings. The van der Waals surface area contributed by atoms with Crippen molar-refractivity contribution in [2.45, 2.75) is 19.3 Å². The van der Waals surface area contributed by atoms with Gasteiger partial charge in [-0.15, -0.1) is 0 Å². The van der Waals surface area contributed by atoms with Crippen LogP contribution in [-0.4, -0.2) is 26.9 Å². The van der Waals surface area contributed by atoms with Crippen molar-refractivity contribution < 1.29 is 19.0 Å². The highest BCUT2D eigenvalue weighted by atomic mass is 16.7. The zero-order valence-corrected chi connectivity index (χ0v) is 15.0. The zero-order valence-electron chi connectivity index (χ0n) is 15.0. The summed E-state index contributed by atoms with van der Waals surface area (Å²) in [7, 11) is 3.17. The van der Waals surface area contributed by atoms with Gasteiger partial charge in [0.15, 0.2) is 6.29 Å². The number of alkyl carbamates (subject to hydrolysis) is 1. The Morgan fingerprint density at radius 1 is 1.04 bits per heavy atom. The van der Waals surface area contributed by atoms with Crippen molar-refractivity contribution in [3.8, 4) is 11.8 Å². The number of nitrogens with one attached hydrogen (secondary N) is 1. The number of methoxy groups -OCH3 is 2. The highest BCUT2D eigenvalue weighted by Gasteiger charge is 2.11. The van der Waals surface area contributed by atoms with Gasteiger partial charge in [-0.05, 0) is 11.6 Å². The van der Waals surface area contributed by atoms with E-state index in [1.54, 1.807) is 14.2 Å². The van der Waals surface area contributed by atoms with E-state index in [0.717, 1.165) is 16.7 Å². The standard InChI is InChI=1S/C21H23NO4/c1-24-20(25-2)19-14-7-6-12-18(19)13-8-9-15-22-21(23)26-16-17-10-4-3-5-11-17/h3-7,10-12,14,20H,9,15-16H2,1-2H3,(H,22,23). The van der Waals surface area contributed by atoms with Gasteiger partial charge in [-0.25, -0.2) is 4.79 Å². The molecule has 2 rings (SSSR count). The fourth-order valence-electron chi connectivity index (χ4n) is 2.33. The minimum Gasteiger partial charge on any atom is -0.445 e. The SMILES string of the molecule is COC(OC)c1ccccc1C#CCCNC(=O)OCc1ccccc1. The summed E-state index contributed by atoms with van der Waals surface area (Å²) >= 11 is 0. The first-order valence-corrected chi connectivity index (χ1v) is 8.32. The first kappa shape index (κ1) is 19.5. The van der Waals surface area contributed by atoms with Crippen LogP contribution in [-0.2, 0) is 20.8 Å². The minimum atomic E-state index is -0.452. The molecule has 5 heteroatoms. The summed E-state index contributed by atoms with van der Waals surface area (Å²) in [5.74, 6) is 6.13. The smallest absolute Gasteiger partial charge is 0.407 e. The van der Waals surface area contributed by atoms with E-state index >= 15 is 0 Å². The Kier molecular flexibility index (Phi) is 8.20. The second kappa shape index (κ2) is 10.9. The van der Waals surface area contributed by atoms with Gasteiger partial charge in [-0.1, -0.05) is 60.4 Å². The summed E-state index contributed by atoms with van der Waals surface area (Å²) in [6, 6.07) is 17.2. The zero-order chi connectivity index (χ0) is 18.6. The predicted molar refractivity (Wildman–Crippen MR) is 99.3 cm³/mol. The van der Waals surface area contributed by atoms with Crippen molar-refractivity contribution in [2.24, 2.45) is 0 Å². The summed E-state index contributed by atoms with van der Waals surface area (Å²) in [6.45, 7) is 0.669. The molecule has 0 aromatic heterocycles. The average molecular weight is 353 g/mol. The Labute approximate surface area is 154 Å². The molecule has 0 unspecified atom stereocenters. The Hall–Kier alpha value is -2.81. The Balaban J connectivity index is 1.78. The summed E-state index contributed by atoms with van der Waals surface area (Å²) in [6.07, 6.45) is -0.388. The summed E-state index contributed by atoms with van der Waals surface area (Å²) in [4.78, 5) is 11.7. The van der Waals surface area contributed by atoms with Gasteiger partial charge in [0.1, 0.15) is 6.61 Å². The van der Waals surface area contributed by atoms with Crippen LogP contribution in [0.25, 0.3) is 0 Å². The summed E-state index contributed by atoms with van der Waals surface area (Å²) in [5, 5.41) is 2.69. The van der Waals surface area contributed by atoms with Gasteiger partial charge >= 0.3 is 6.09 Å². The van der Waals surface area contributed by atoms with E-state index in [0.29, 0.717) is 13.0 Å². The van der Waals surface area contributed by atoms with Crippen LogP contribution >= 0.6 is 0 Å². The van der Waals surface area contributed by atoms with Crippen molar-refractivity contribution >= 4 is 6.09 Å². The molecule has 26 heavy (non-hydrogen) atoms. The molecule has 0 spiro atoms. The molecule has 2 aromatic rings. The molecular formula is C21H23NO4. The first-order valence-electron chi connectivity index (χ1n) is 8.32. The van der Waals surface area contributed by atoms with E-state index in [2.05, 4.69) is 17.2 Å². The Morgan fingerprint density at radius 2 is 1.73 bits per heavy atom. The monoisotopic (exact) mass is 353 g/mol. The van der Waals surface area contributed by atoms with Gasteiger partial charge in [0.25, 0.3) is 0 Å². The van der Waals surface area contributed by atoms with Gasteiger partial charge in [0.05, 0.1) is 0 Å². The van der Waals surface area contributed by atoms with Crippen LogP contribution in [0.2, 0.25) is 0 Å². The highest BCUT2D eigenvalue weighted by molar-refractivity contribution is 5.67. The van der Waals surface area contributed by atoms with E-state index in [9.17, 15) is 4.79 Å². The molecule has 0 radical (unpaired) electrons. The number of amides is 1. The van der Waals surface area contributed by atoms with Crippen molar-refractivity contribution in [3.63, 3.8) is 0 Å². The predicted octanol–water partition coefficient (Wildman–Crippen LogP) is 3.65. The van der Waals surface area contributed by atoms with Crippen molar-refractivity contribution in [1.82, 2.24) is 5.32 Å². The fraction of sp³-hybridized carbons (Fsp3) is 0.286. The molecule has 136 valence electrons. The number of carbonyl (C=O) groups excluding carboxylic acids is 1. The number of rotatable bonds is 7. The molecule has 5 nitrogen and oxygen atoms in total. The lowest BCUT2D eigenvalue weighted by Crippen LogP contribution is -2.24. The maximum absolute atomic E-state index is 11.7. The quantitative estimate of drug-likeness (QED) is 0.469. The lowest BCUT2D eigenvalue weighted by molar-refractivity contribution is -0.106. The number of carbonyl (C=O) groups is 1. The number of benzene rings is 2. The van der Waals surface area contributed by atoms with Crippen molar-refractivity contribution in [3.05, 3.63) is 71.3 Å². The average Bonchev–Trinajstić information content (AvgIpc) is 2.69. The number of hydrogen-bond donors (Lipinski definition) is 1. The van der Waals surface area contributed by atoms with Gasteiger partial charge in [-0.3, -0.25) is 0 Å². The van der Waals surface area contributed by atoms with E-state index in [1.807, 2.05) is 54.6 Å². The third kappa shape index (κ3) is 6.25. The molecule has 0 bridgehead atoms. The van der Waals surface area contributed by atoms with Crippen LogP contribution in [0.1, 0.15) is 29.4 Å². The number of hydrogen-bond acceptors (Lipinski definition) is 4. The minimum absolute atomic E-state index is 0.251. The molecule has 1 N–H and O–H groups in total. The van der Waals surface area contributed by atoms with Crippen molar-refractivity contribution in [1.29, 1.82) is 0 Å². The first-order chi connectivity index (χ1) is 12.7. The second-order valence-electron chi connectivity index (χ2n) is 5.43. The summed E-state index contributed by atoms with van der Waals surface area (Å²) in [5.41, 5.74) is 2.66. The fourth-order valence-corrected chi connectivity index (χ4v) is 2.33. The van der Waals surface area contributed by atoms with Gasteiger partial charge < -0.3 is 19.5 Å². The molecule has 0 fully saturated rings. The lowest BCUT2D eigenvalue weighted by atomic mass is 10.1. The van der Waals surface area contributed by atoms with Crippen LogP contribution in [0.5, 0.6) is 0 Å². The topological polar surface area (TPSA) is 56.8 Å². The maximum Gasteiger partial charge on any atom is 0.407 e. The molecule has 0 saturated heterocycles. The van der Waals surface area contributed by atoms with E-state index in [-0.39, 0.29) is 6.61 Å². The maximum atomic E-state index is 11.7. The third-order valence-corrected chi connectivity index (χ3v) is 3.60. The Morgan fingerprint density at radius 3 is 2.46 bits per heavy atom. The third-order valence-electron chi connectivity index (χ3n) is 3.60. The van der Waals surface area contributed by atoms with Crippen LogP contribution < -0.4 is 5.32 Å². The van der Waals surface area contributed by atoms with Crippen LogP contribution in [0.3, 0.4) is 0 Å². The molecule has 0 heterocycles. The molecule has 0 aliphatic heterocycles. The molecule has 0 aliphatic carbocycles. The van der Waals surface area contributed by atoms with Gasteiger partial charge in [0.2, 0.25) is 0 Å². The van der Waals surface area contributed by atoms with Crippen LogP contribution in [0.4, 0.5) is 4.79 Å². The van der Waals surface area contributed by atoms with E-state index < -0.39 is 12.4 Å². The second-order valence-corrected chi connectivity index (χ2v) is 5.43. The molecule has 2 aromatic carbocycles. The van der Waals surface area contributed by atoms with Crippen LogP contribution in [0.15, 0.2) is 54.6 Å². The number of ether oxygens (including phenoxy) is 3. The lowest BCUT2D eigenvalue weighted by Gasteiger charge is -2.15. The van der Waals surface area contributed by atoms with Crippen molar-refractivity contribution in [2.75, 3.05) is 20.8 Å². The van der Waals surface area contributed by atoms with E-state index in [1.165, 1.54) is 0 Å². The summed E-state index contributed by atoms with van der Waals surface area (Å²) < 4.78 is 15.7. The Bertz CT molecular complexity index is 745. The van der Waals surface area contributed by atoms with Gasteiger partial charge in [0, 0.05) is 38.3 Å². The largest absolute Gasteiger partial charge is 0.445 e. The van der Waals surface area contributed by atoms with Crippen LogP contribution in [0, 0.1) is 11.8 Å².